The van der Waals surface area contributed by atoms with Crippen LogP contribution in [-0.2, 0) is 16.1 Å². The molecule has 5 heteroatoms. The Kier molecular flexibility index (Phi) is 4.82. The van der Waals surface area contributed by atoms with E-state index in [1.807, 2.05) is 12.1 Å². The fraction of sp³-hybridized carbons (Fsp3) is 0.682. The first-order valence-electron chi connectivity index (χ1n) is 10.6. The number of morpholine rings is 1. The molecule has 2 bridgehead atoms. The van der Waals surface area contributed by atoms with Gasteiger partial charge in [0.2, 0.25) is 5.91 Å². The van der Waals surface area contributed by atoms with Crippen LogP contribution in [0.4, 0.5) is 0 Å². The number of amides is 1. The van der Waals surface area contributed by atoms with E-state index in [1.165, 1.54) is 19.3 Å². The van der Waals surface area contributed by atoms with Crippen LogP contribution in [0.3, 0.4) is 0 Å². The number of carbonyl (C=O) groups excluding carboxylic acids is 1. The van der Waals surface area contributed by atoms with Crippen LogP contribution in [0, 0.1) is 29.6 Å². The first-order chi connectivity index (χ1) is 13.3. The molecule has 4 atom stereocenters. The normalized spacial score (nSPS) is 34.3. The van der Waals surface area contributed by atoms with Crippen molar-refractivity contribution in [2.24, 2.45) is 29.6 Å². The van der Waals surface area contributed by atoms with Crippen molar-refractivity contribution in [2.75, 3.05) is 39.5 Å². The van der Waals surface area contributed by atoms with E-state index in [0.29, 0.717) is 30.9 Å². The van der Waals surface area contributed by atoms with E-state index >= 15 is 0 Å². The van der Waals surface area contributed by atoms with E-state index in [4.69, 9.17) is 9.47 Å². The molecule has 0 radical (unpaired) electrons. The molecule has 5 nitrogen and oxygen atoms in total. The summed E-state index contributed by atoms with van der Waals surface area (Å²) in [5.74, 6) is 4.58. The van der Waals surface area contributed by atoms with E-state index in [1.54, 1.807) is 0 Å². The lowest BCUT2D eigenvalue weighted by molar-refractivity contribution is -0.123. The summed E-state index contributed by atoms with van der Waals surface area (Å²) in [5, 5.41) is 3.18. The quantitative estimate of drug-likeness (QED) is 0.800. The molecule has 3 saturated carbocycles. The van der Waals surface area contributed by atoms with E-state index in [2.05, 4.69) is 22.3 Å². The van der Waals surface area contributed by atoms with Gasteiger partial charge in [0.25, 0.3) is 0 Å². The molecule has 4 aliphatic rings. The lowest BCUT2D eigenvalue weighted by Gasteiger charge is -2.26. The predicted molar refractivity (Wildman–Crippen MR) is 102 cm³/mol. The van der Waals surface area contributed by atoms with Gasteiger partial charge in [0.1, 0.15) is 12.4 Å². The van der Waals surface area contributed by atoms with E-state index in [0.717, 1.165) is 56.0 Å². The molecule has 1 amide bonds. The molecule has 0 aromatic heterocycles. The van der Waals surface area contributed by atoms with Crippen molar-refractivity contribution in [2.45, 2.75) is 25.8 Å². The predicted octanol–water partition coefficient (Wildman–Crippen LogP) is 2.31. The highest BCUT2D eigenvalue weighted by Gasteiger charge is 2.67. The third-order valence-corrected chi connectivity index (χ3v) is 7.18. The van der Waals surface area contributed by atoms with Crippen molar-refractivity contribution in [3.63, 3.8) is 0 Å². The molecule has 3 aliphatic carbocycles. The maximum Gasteiger partial charge on any atom is 0.223 e. The number of fused-ring (bicyclic) bond motifs is 5. The molecule has 1 aromatic rings. The van der Waals surface area contributed by atoms with E-state index in [-0.39, 0.29) is 5.91 Å². The van der Waals surface area contributed by atoms with Crippen molar-refractivity contribution in [1.29, 1.82) is 0 Å². The molecule has 1 N–H and O–H groups in total. The monoisotopic (exact) mass is 370 g/mol. The molecule has 27 heavy (non-hydrogen) atoms. The summed E-state index contributed by atoms with van der Waals surface area (Å²) in [5.41, 5.74) is 1.11. The van der Waals surface area contributed by atoms with Crippen molar-refractivity contribution in [1.82, 2.24) is 10.2 Å². The highest BCUT2D eigenvalue weighted by Crippen LogP contribution is 2.69. The van der Waals surface area contributed by atoms with Crippen LogP contribution in [0.5, 0.6) is 5.75 Å². The molecule has 1 aliphatic heterocycles. The lowest BCUT2D eigenvalue weighted by atomic mass is 10.0. The van der Waals surface area contributed by atoms with Gasteiger partial charge in [-0.3, -0.25) is 9.69 Å². The van der Waals surface area contributed by atoms with Gasteiger partial charge < -0.3 is 14.8 Å². The highest BCUT2D eigenvalue weighted by atomic mass is 16.5. The third kappa shape index (κ3) is 3.59. The number of nitrogens with one attached hydrogen (secondary N) is 1. The number of ether oxygens (including phenoxy) is 2. The fourth-order valence-corrected chi connectivity index (χ4v) is 5.85. The Labute approximate surface area is 161 Å². The first-order valence-corrected chi connectivity index (χ1v) is 10.6. The van der Waals surface area contributed by atoms with Crippen molar-refractivity contribution in [3.8, 4) is 5.75 Å². The van der Waals surface area contributed by atoms with Gasteiger partial charge in [0.15, 0.2) is 0 Å². The smallest absolute Gasteiger partial charge is 0.223 e. The van der Waals surface area contributed by atoms with Crippen molar-refractivity contribution >= 4 is 5.91 Å². The number of carbonyl (C=O) groups is 1. The van der Waals surface area contributed by atoms with Crippen LogP contribution in [0.25, 0.3) is 0 Å². The Morgan fingerprint density at radius 3 is 2.74 bits per heavy atom. The minimum Gasteiger partial charge on any atom is -0.492 e. The lowest BCUT2D eigenvalue weighted by Crippen LogP contribution is -2.38. The van der Waals surface area contributed by atoms with Gasteiger partial charge in [-0.2, -0.15) is 0 Å². The minimum absolute atomic E-state index is 0.278. The summed E-state index contributed by atoms with van der Waals surface area (Å²) in [6.45, 7) is 5.82. The van der Waals surface area contributed by atoms with Crippen LogP contribution >= 0.6 is 0 Å². The van der Waals surface area contributed by atoms with E-state index in [9.17, 15) is 4.79 Å². The maximum absolute atomic E-state index is 12.6. The van der Waals surface area contributed by atoms with Crippen LogP contribution in [0.15, 0.2) is 24.3 Å². The first kappa shape index (κ1) is 17.5. The van der Waals surface area contributed by atoms with Gasteiger partial charge in [0.05, 0.1) is 13.2 Å². The zero-order valence-electron chi connectivity index (χ0n) is 15.9. The SMILES string of the molecule is O=C(NCc1cccc(OCCN2CCOCC2)c1)C1C2C3CCC(C3)C12. The molecule has 0 spiro atoms. The van der Waals surface area contributed by atoms with Crippen LogP contribution in [-0.4, -0.2) is 50.3 Å². The number of rotatable bonds is 7. The van der Waals surface area contributed by atoms with Crippen LogP contribution < -0.4 is 10.1 Å². The third-order valence-electron chi connectivity index (χ3n) is 7.18. The minimum atomic E-state index is 0.278. The number of hydrogen-bond acceptors (Lipinski definition) is 4. The molecule has 1 aromatic carbocycles. The Morgan fingerprint density at radius 1 is 1.19 bits per heavy atom. The molecule has 4 fully saturated rings. The zero-order chi connectivity index (χ0) is 18.2. The highest BCUT2D eigenvalue weighted by molar-refractivity contribution is 5.82. The summed E-state index contributed by atoms with van der Waals surface area (Å²) < 4.78 is 11.3. The summed E-state index contributed by atoms with van der Waals surface area (Å²) in [4.78, 5) is 15.0. The standard InChI is InChI=1S/C22H30N2O3/c25-22(21-19-16-4-5-17(13-16)20(19)21)23-14-15-2-1-3-18(12-15)27-11-8-24-6-9-26-10-7-24/h1-3,12,16-17,19-21H,4-11,13-14H2,(H,23,25). The summed E-state index contributed by atoms with van der Waals surface area (Å²) in [6, 6.07) is 8.12. The molecule has 1 heterocycles. The Balaban J connectivity index is 1.07. The maximum atomic E-state index is 12.6. The average Bonchev–Trinajstić information content (AvgIpc) is 3.14. The van der Waals surface area contributed by atoms with Crippen LogP contribution in [0.2, 0.25) is 0 Å². The van der Waals surface area contributed by atoms with Gasteiger partial charge in [0, 0.05) is 32.1 Å². The largest absolute Gasteiger partial charge is 0.492 e. The van der Waals surface area contributed by atoms with Gasteiger partial charge in [-0.1, -0.05) is 12.1 Å². The second-order valence-electron chi connectivity index (χ2n) is 8.68. The molecule has 5 rings (SSSR count). The summed E-state index contributed by atoms with van der Waals surface area (Å²) >= 11 is 0. The van der Waals surface area contributed by atoms with Gasteiger partial charge >= 0.3 is 0 Å². The number of hydrogen-bond donors (Lipinski definition) is 1. The van der Waals surface area contributed by atoms with Gasteiger partial charge in [-0.25, -0.2) is 0 Å². The Bertz CT molecular complexity index is 672. The second kappa shape index (κ2) is 7.44. The molecule has 1 saturated heterocycles. The summed E-state index contributed by atoms with van der Waals surface area (Å²) in [6.07, 6.45) is 4.11. The Morgan fingerprint density at radius 2 is 1.96 bits per heavy atom. The molecular weight excluding hydrogens is 340 g/mol. The van der Waals surface area contributed by atoms with Gasteiger partial charge in [-0.05, 0) is 60.6 Å². The fourth-order valence-electron chi connectivity index (χ4n) is 5.85. The van der Waals surface area contributed by atoms with Crippen LogP contribution in [0.1, 0.15) is 24.8 Å². The van der Waals surface area contributed by atoms with Crippen molar-refractivity contribution < 1.29 is 14.3 Å². The number of benzene rings is 1. The summed E-state index contributed by atoms with van der Waals surface area (Å²) in [7, 11) is 0. The van der Waals surface area contributed by atoms with E-state index < -0.39 is 0 Å². The molecule has 4 unspecified atom stereocenters. The topological polar surface area (TPSA) is 50.8 Å². The molecular formula is C22H30N2O3. The second-order valence-corrected chi connectivity index (χ2v) is 8.68. The van der Waals surface area contributed by atoms with Crippen molar-refractivity contribution in [3.05, 3.63) is 29.8 Å². The van der Waals surface area contributed by atoms with Gasteiger partial charge in [-0.15, -0.1) is 0 Å². The average molecular weight is 370 g/mol. The Hall–Kier alpha value is -1.59. The number of nitrogens with zero attached hydrogens (tertiary/aromatic N) is 1. The zero-order valence-corrected chi connectivity index (χ0v) is 15.9. The molecule has 146 valence electrons.